The van der Waals surface area contributed by atoms with Crippen LogP contribution in [0.1, 0.15) is 39.1 Å². The van der Waals surface area contributed by atoms with Gasteiger partial charge in [0.1, 0.15) is 0 Å². The zero-order valence-corrected chi connectivity index (χ0v) is 17.7. The number of likely N-dealkylation sites (tertiary alicyclic amines) is 1. The molecule has 0 spiro atoms. The van der Waals surface area contributed by atoms with Crippen molar-refractivity contribution in [1.29, 1.82) is 0 Å². The summed E-state index contributed by atoms with van der Waals surface area (Å²) >= 11 is 0. The van der Waals surface area contributed by atoms with Gasteiger partial charge in [0, 0.05) is 25.4 Å². The smallest absolute Gasteiger partial charge is 0.0645 e. The molecule has 1 saturated heterocycles. The van der Waals surface area contributed by atoms with Crippen molar-refractivity contribution in [2.75, 3.05) is 37.7 Å². The van der Waals surface area contributed by atoms with Gasteiger partial charge in [0.05, 0.1) is 19.5 Å². The van der Waals surface area contributed by atoms with E-state index in [1.165, 1.54) is 0 Å². The minimum Gasteiger partial charge on any atom is -0.379 e. The summed E-state index contributed by atoms with van der Waals surface area (Å²) in [5, 5.41) is 0. The van der Waals surface area contributed by atoms with Crippen LogP contribution in [-0.4, -0.2) is 43.8 Å². The van der Waals surface area contributed by atoms with E-state index in [1.807, 2.05) is 35.2 Å². The molecular weight excluding hydrogens is 368 g/mol. The maximum Gasteiger partial charge on any atom is 0.0645 e. The Labute approximate surface area is 184 Å². The molecule has 1 aliphatic rings. The number of benzene rings is 2. The highest BCUT2D eigenvalue weighted by molar-refractivity contribution is 5.85. The Kier molecular flexibility index (Phi) is 7.03. The summed E-state index contributed by atoms with van der Waals surface area (Å²) in [5.74, 6) is 0.440. The molecule has 28 heavy (non-hydrogen) atoms. The van der Waals surface area contributed by atoms with Gasteiger partial charge < -0.3 is 9.64 Å². The van der Waals surface area contributed by atoms with E-state index in [0.29, 0.717) is 32.2 Å². The Balaban J connectivity index is 0.00000385. The molecule has 4 heteroatoms. The fourth-order valence-electron chi connectivity index (χ4n) is 3.51. The average molecular weight is 408 g/mol. The van der Waals surface area contributed by atoms with Crippen molar-refractivity contribution in [2.24, 2.45) is 5.92 Å². The molecule has 154 valence electrons. The molecule has 0 amide bonds. The Bertz CT molecular complexity index is 865. The normalized spacial score (nSPS) is 17.9. The molecule has 0 N–H and O–H groups in total. The minimum absolute atomic E-state index is 0. The number of halogens is 1. The Morgan fingerprint density at radius 1 is 1.04 bits per heavy atom. The largest absolute Gasteiger partial charge is 0.379 e. The van der Waals surface area contributed by atoms with E-state index in [2.05, 4.69) is 18.7 Å². The van der Waals surface area contributed by atoms with Crippen LogP contribution < -0.4 is 4.90 Å². The van der Waals surface area contributed by atoms with Crippen molar-refractivity contribution < 1.29 is 11.6 Å². The minimum atomic E-state index is -0.361. The number of rotatable bonds is 10. The van der Waals surface area contributed by atoms with Gasteiger partial charge >= 0.3 is 0 Å². The van der Waals surface area contributed by atoms with E-state index in [4.69, 9.17) is 11.6 Å². The first-order valence-corrected chi connectivity index (χ1v) is 9.97. The average Bonchev–Trinajstić information content (AvgIpc) is 3.31. The van der Waals surface area contributed by atoms with Crippen LogP contribution in [0.15, 0.2) is 60.5 Å². The molecule has 3 rings (SSSR count). The van der Waals surface area contributed by atoms with Crippen LogP contribution in [0.3, 0.4) is 0 Å². The molecule has 2 aromatic rings. The molecular formula is C24H35ClN2O. The van der Waals surface area contributed by atoms with Crippen molar-refractivity contribution >= 4 is 18.1 Å². The zero-order chi connectivity index (χ0) is 23.3. The monoisotopic (exact) mass is 407 g/mol. The van der Waals surface area contributed by atoms with Crippen LogP contribution >= 0.6 is 12.4 Å². The molecule has 0 radical (unpaired) electrons. The number of para-hydroxylation sites is 1. The maximum atomic E-state index is 8.52. The molecule has 2 aromatic carbocycles. The Morgan fingerprint density at radius 3 is 2.36 bits per heavy atom. The molecule has 0 aliphatic carbocycles. The summed E-state index contributed by atoms with van der Waals surface area (Å²) in [4.78, 5) is 4.35. The van der Waals surface area contributed by atoms with E-state index in [9.17, 15) is 0 Å². The molecule has 1 heterocycles. The second-order valence-corrected chi connectivity index (χ2v) is 7.67. The molecule has 3 nitrogen and oxygen atoms in total. The van der Waals surface area contributed by atoms with E-state index in [0.717, 1.165) is 31.5 Å². The summed E-state index contributed by atoms with van der Waals surface area (Å²) in [5.41, 5.74) is 1.29. The zero-order valence-electron chi connectivity index (χ0n) is 21.9. The predicted octanol–water partition coefficient (Wildman–Crippen LogP) is 5.25. The summed E-state index contributed by atoms with van der Waals surface area (Å²) < 4.78 is 47.3. The van der Waals surface area contributed by atoms with Crippen molar-refractivity contribution in [3.63, 3.8) is 0 Å². The molecule has 0 aromatic heterocycles. The Morgan fingerprint density at radius 2 is 1.71 bits per heavy atom. The number of nitrogens with zero attached hydrogens (tertiary/aromatic N) is 2. The van der Waals surface area contributed by atoms with Gasteiger partial charge in [-0.3, -0.25) is 4.90 Å². The van der Waals surface area contributed by atoms with E-state index in [1.54, 1.807) is 0 Å². The van der Waals surface area contributed by atoms with Crippen LogP contribution in [0.4, 0.5) is 5.69 Å². The lowest BCUT2D eigenvalue weighted by atomic mass is 10.1. The van der Waals surface area contributed by atoms with Gasteiger partial charge in [0.25, 0.3) is 0 Å². The van der Waals surface area contributed by atoms with Crippen molar-refractivity contribution in [1.82, 2.24) is 4.90 Å². The first kappa shape index (κ1) is 16.3. The van der Waals surface area contributed by atoms with Gasteiger partial charge in [-0.05, 0) is 49.5 Å². The number of hydrogen-bond acceptors (Lipinski definition) is 3. The second-order valence-electron chi connectivity index (χ2n) is 7.67. The van der Waals surface area contributed by atoms with Crippen LogP contribution in [0.5, 0.6) is 0 Å². The molecule has 1 atom stereocenters. The van der Waals surface area contributed by atoms with Crippen LogP contribution in [-0.2, 0) is 11.3 Å². The predicted molar refractivity (Wildman–Crippen MR) is 121 cm³/mol. The summed E-state index contributed by atoms with van der Waals surface area (Å²) in [6.45, 7) is 8.47. The van der Waals surface area contributed by atoms with Crippen LogP contribution in [0.25, 0.3) is 0 Å². The van der Waals surface area contributed by atoms with Gasteiger partial charge in [0.2, 0.25) is 0 Å². The maximum absolute atomic E-state index is 8.52. The van der Waals surface area contributed by atoms with Gasteiger partial charge in [-0.1, -0.05) is 62.3 Å². The van der Waals surface area contributed by atoms with E-state index >= 15 is 0 Å². The summed E-state index contributed by atoms with van der Waals surface area (Å²) in [6, 6.07) is 8.68. The fraction of sp³-hybridized carbons (Fsp3) is 0.500. The first-order chi connectivity index (χ1) is 15.3. The fourth-order valence-corrected chi connectivity index (χ4v) is 3.51. The SMILES string of the molecule is Cl.[2H]c1c([2H])c([2H])c(N(Cc2ccccc2)CC(COCC(C)C)N2CCCC2)c([2H])c1[2H]. The van der Waals surface area contributed by atoms with Gasteiger partial charge in [-0.25, -0.2) is 0 Å². The highest BCUT2D eigenvalue weighted by atomic mass is 35.5. The first-order valence-electron chi connectivity index (χ1n) is 12.5. The third kappa shape index (κ3) is 7.12. The third-order valence-corrected chi connectivity index (χ3v) is 4.87. The highest BCUT2D eigenvalue weighted by Crippen LogP contribution is 2.20. The Hall–Kier alpha value is -1.55. The van der Waals surface area contributed by atoms with E-state index < -0.39 is 0 Å². The van der Waals surface area contributed by atoms with Gasteiger partial charge in [-0.2, -0.15) is 0 Å². The number of hydrogen-bond donors (Lipinski definition) is 0. The standard InChI is InChI=1S/C24H34N2O.ClH/c1-21(2)19-27-20-24(25-15-9-10-16-25)18-26(23-13-7-4-8-14-23)17-22-11-5-3-6-12-22;/h3-8,11-14,21,24H,9-10,15-20H2,1-2H3;1H/i4D,7D,8D,13D,14D;. The van der Waals surface area contributed by atoms with Crippen LogP contribution in [0.2, 0.25) is 0 Å². The second kappa shape index (κ2) is 12.1. The highest BCUT2D eigenvalue weighted by Gasteiger charge is 2.25. The molecule has 0 saturated carbocycles. The van der Waals surface area contributed by atoms with Crippen molar-refractivity contribution in [3.05, 3.63) is 66.1 Å². The van der Waals surface area contributed by atoms with Gasteiger partial charge in [-0.15, -0.1) is 12.4 Å². The molecule has 1 fully saturated rings. The lowest BCUT2D eigenvalue weighted by Crippen LogP contribution is -2.45. The van der Waals surface area contributed by atoms with Crippen molar-refractivity contribution in [3.8, 4) is 0 Å². The quantitative estimate of drug-likeness (QED) is 0.534. The van der Waals surface area contributed by atoms with Crippen LogP contribution in [0, 0.1) is 5.92 Å². The van der Waals surface area contributed by atoms with E-state index in [-0.39, 0.29) is 54.3 Å². The lowest BCUT2D eigenvalue weighted by molar-refractivity contribution is 0.0567. The number of anilines is 1. The summed E-state index contributed by atoms with van der Waals surface area (Å²) in [6.07, 6.45) is 2.29. The molecule has 1 unspecified atom stereocenters. The molecule has 1 aliphatic heterocycles. The summed E-state index contributed by atoms with van der Waals surface area (Å²) in [7, 11) is 0. The molecule has 0 bridgehead atoms. The number of ether oxygens (including phenoxy) is 1. The topological polar surface area (TPSA) is 15.7 Å². The third-order valence-electron chi connectivity index (χ3n) is 4.87. The van der Waals surface area contributed by atoms with Gasteiger partial charge in [0.15, 0.2) is 0 Å². The lowest BCUT2D eigenvalue weighted by Gasteiger charge is -2.34. The van der Waals surface area contributed by atoms with Crippen molar-refractivity contribution in [2.45, 2.75) is 39.3 Å².